The molecule has 1 N–H and O–H groups in total. The number of hydrogen-bond donors (Lipinski definition) is 1. The van der Waals surface area contributed by atoms with Gasteiger partial charge in [-0.15, -0.1) is 0 Å². The zero-order valence-electron chi connectivity index (χ0n) is 18.5. The van der Waals surface area contributed by atoms with Gasteiger partial charge in [0.1, 0.15) is 0 Å². The maximum atomic E-state index is 12.8. The van der Waals surface area contributed by atoms with Gasteiger partial charge in [0.25, 0.3) is 15.9 Å². The first kappa shape index (κ1) is 22.8. The zero-order chi connectivity index (χ0) is 23.3. The van der Waals surface area contributed by atoms with Crippen LogP contribution in [-0.4, -0.2) is 52.6 Å². The van der Waals surface area contributed by atoms with Gasteiger partial charge in [-0.25, -0.2) is 8.42 Å². The molecule has 3 aromatic carbocycles. The molecule has 0 spiro atoms. The fourth-order valence-corrected chi connectivity index (χ4v) is 4.77. The maximum absolute atomic E-state index is 12.8. The highest BCUT2D eigenvalue weighted by atomic mass is 32.2. The summed E-state index contributed by atoms with van der Waals surface area (Å²) < 4.78 is 32.9. The quantitative estimate of drug-likeness (QED) is 0.577. The number of nitrogens with zero attached hydrogens (tertiary/aromatic N) is 2. The number of amides is 1. The number of carbonyl (C=O) groups excluding carboxylic acids is 1. The van der Waals surface area contributed by atoms with Crippen molar-refractivity contribution in [2.24, 2.45) is 0 Å². The minimum absolute atomic E-state index is 0.135. The minimum atomic E-state index is -3.67. The van der Waals surface area contributed by atoms with E-state index in [1.54, 1.807) is 54.4 Å². The first-order valence-electron chi connectivity index (χ1n) is 10.8. The van der Waals surface area contributed by atoms with E-state index in [0.717, 1.165) is 37.6 Å². The Morgan fingerprint density at radius 2 is 1.58 bits per heavy atom. The van der Waals surface area contributed by atoms with Gasteiger partial charge in [0, 0.05) is 43.6 Å². The topological polar surface area (TPSA) is 79.0 Å². The number of ether oxygens (including phenoxy) is 1. The molecule has 4 rings (SSSR count). The van der Waals surface area contributed by atoms with Crippen molar-refractivity contribution in [3.8, 4) is 0 Å². The van der Waals surface area contributed by atoms with Gasteiger partial charge in [0.05, 0.1) is 18.1 Å². The first-order valence-corrected chi connectivity index (χ1v) is 12.3. The Hall–Kier alpha value is -3.36. The van der Waals surface area contributed by atoms with Gasteiger partial charge in [-0.3, -0.25) is 9.52 Å². The zero-order valence-corrected chi connectivity index (χ0v) is 19.3. The Balaban J connectivity index is 1.36. The van der Waals surface area contributed by atoms with Crippen molar-refractivity contribution in [1.82, 2.24) is 4.90 Å². The summed E-state index contributed by atoms with van der Waals surface area (Å²) in [5.41, 5.74) is 3.08. The third-order valence-corrected chi connectivity index (χ3v) is 6.91. The molecular weight excluding hydrogens is 438 g/mol. The van der Waals surface area contributed by atoms with Gasteiger partial charge in [0.2, 0.25) is 0 Å². The Morgan fingerprint density at radius 1 is 0.939 bits per heavy atom. The van der Waals surface area contributed by atoms with Crippen molar-refractivity contribution in [2.75, 3.05) is 43.0 Å². The summed E-state index contributed by atoms with van der Waals surface area (Å²) in [5.74, 6) is -0.135. The van der Waals surface area contributed by atoms with Crippen LogP contribution in [0, 0.1) is 0 Å². The van der Waals surface area contributed by atoms with E-state index in [1.807, 2.05) is 12.1 Å². The average Bonchev–Trinajstić information content (AvgIpc) is 2.85. The van der Waals surface area contributed by atoms with Gasteiger partial charge >= 0.3 is 0 Å². The summed E-state index contributed by atoms with van der Waals surface area (Å²) >= 11 is 0. The smallest absolute Gasteiger partial charge is 0.261 e. The molecule has 7 nitrogen and oxygen atoms in total. The van der Waals surface area contributed by atoms with Crippen molar-refractivity contribution in [3.05, 3.63) is 90.0 Å². The third kappa shape index (κ3) is 5.71. The summed E-state index contributed by atoms with van der Waals surface area (Å²) in [4.78, 5) is 17.0. The fraction of sp³-hybridized carbons (Fsp3) is 0.240. The number of carbonyl (C=O) groups is 1. The Morgan fingerprint density at radius 3 is 2.21 bits per heavy atom. The Kier molecular flexibility index (Phi) is 6.96. The second kappa shape index (κ2) is 10.1. The van der Waals surface area contributed by atoms with Crippen LogP contribution in [0.4, 0.5) is 11.4 Å². The summed E-state index contributed by atoms with van der Waals surface area (Å²) in [6.07, 6.45) is 0. The summed E-state index contributed by atoms with van der Waals surface area (Å²) in [7, 11) is -1.92. The van der Waals surface area contributed by atoms with E-state index in [-0.39, 0.29) is 10.8 Å². The highest BCUT2D eigenvalue weighted by molar-refractivity contribution is 7.92. The number of morpholine rings is 1. The highest BCUT2D eigenvalue weighted by Crippen LogP contribution is 2.19. The molecule has 1 saturated heterocycles. The molecule has 33 heavy (non-hydrogen) atoms. The maximum Gasteiger partial charge on any atom is 0.261 e. The van der Waals surface area contributed by atoms with Gasteiger partial charge in [-0.05, 0) is 54.1 Å². The molecule has 3 aromatic rings. The third-order valence-electron chi connectivity index (χ3n) is 5.52. The Bertz CT molecular complexity index is 1170. The largest absolute Gasteiger partial charge is 0.378 e. The van der Waals surface area contributed by atoms with Crippen LogP contribution in [0.5, 0.6) is 0 Å². The van der Waals surface area contributed by atoms with Crippen LogP contribution in [0.3, 0.4) is 0 Å². The van der Waals surface area contributed by atoms with Crippen LogP contribution < -0.4 is 9.62 Å². The molecule has 0 unspecified atom stereocenters. The first-order chi connectivity index (χ1) is 15.9. The molecule has 1 heterocycles. The van der Waals surface area contributed by atoms with Crippen LogP contribution in [0.15, 0.2) is 83.8 Å². The standard InChI is InChI=1S/C25H27N3O4S/c1-27(19-20-7-13-23(14-8-20)28-15-17-32-18-16-28)25(29)21-9-11-22(12-10-21)26-33(30,31)24-5-3-2-4-6-24/h2-14,26H,15-19H2,1H3. The summed E-state index contributed by atoms with van der Waals surface area (Å²) in [5, 5.41) is 0. The molecule has 0 bridgehead atoms. The summed E-state index contributed by atoms with van der Waals surface area (Å²) in [6, 6.07) is 22.8. The van der Waals surface area contributed by atoms with E-state index in [2.05, 4.69) is 21.8 Å². The molecule has 0 saturated carbocycles. The summed E-state index contributed by atoms with van der Waals surface area (Å²) in [6.45, 7) is 3.73. The molecule has 0 radical (unpaired) electrons. The van der Waals surface area contributed by atoms with Crippen molar-refractivity contribution < 1.29 is 17.9 Å². The van der Waals surface area contributed by atoms with Gasteiger partial charge < -0.3 is 14.5 Å². The molecule has 1 amide bonds. The second-order valence-electron chi connectivity index (χ2n) is 7.92. The van der Waals surface area contributed by atoms with E-state index < -0.39 is 10.0 Å². The highest BCUT2D eigenvalue weighted by Gasteiger charge is 2.16. The number of hydrogen-bond acceptors (Lipinski definition) is 5. The molecule has 172 valence electrons. The van der Waals surface area contributed by atoms with Gasteiger partial charge in [-0.1, -0.05) is 30.3 Å². The van der Waals surface area contributed by atoms with Crippen molar-refractivity contribution in [1.29, 1.82) is 0 Å². The molecule has 0 aliphatic carbocycles. The lowest BCUT2D eigenvalue weighted by Crippen LogP contribution is -2.36. The number of sulfonamides is 1. The number of anilines is 2. The molecule has 1 fully saturated rings. The van der Waals surface area contributed by atoms with Gasteiger partial charge in [-0.2, -0.15) is 0 Å². The van der Waals surface area contributed by atoms with E-state index in [0.29, 0.717) is 17.8 Å². The van der Waals surface area contributed by atoms with E-state index in [4.69, 9.17) is 4.74 Å². The second-order valence-corrected chi connectivity index (χ2v) is 9.61. The van der Waals surface area contributed by atoms with E-state index >= 15 is 0 Å². The molecular formula is C25H27N3O4S. The van der Waals surface area contributed by atoms with Crippen molar-refractivity contribution in [3.63, 3.8) is 0 Å². The predicted molar refractivity (Wildman–Crippen MR) is 129 cm³/mol. The van der Waals surface area contributed by atoms with Crippen molar-refractivity contribution >= 4 is 27.3 Å². The molecule has 1 aliphatic rings. The van der Waals surface area contributed by atoms with Crippen LogP contribution >= 0.6 is 0 Å². The van der Waals surface area contributed by atoms with Crippen LogP contribution in [-0.2, 0) is 21.3 Å². The molecule has 8 heteroatoms. The predicted octanol–water partition coefficient (Wildman–Crippen LogP) is 3.60. The van der Waals surface area contributed by atoms with Crippen LogP contribution in [0.25, 0.3) is 0 Å². The molecule has 0 aromatic heterocycles. The molecule has 0 atom stereocenters. The number of rotatable bonds is 7. The van der Waals surface area contributed by atoms with Gasteiger partial charge in [0.15, 0.2) is 0 Å². The fourth-order valence-electron chi connectivity index (χ4n) is 3.69. The van der Waals surface area contributed by atoms with Crippen molar-refractivity contribution in [2.45, 2.75) is 11.4 Å². The lowest BCUT2D eigenvalue weighted by atomic mass is 10.1. The van der Waals surface area contributed by atoms with E-state index in [1.165, 1.54) is 12.1 Å². The normalized spacial score (nSPS) is 14.0. The van der Waals surface area contributed by atoms with E-state index in [9.17, 15) is 13.2 Å². The Labute approximate surface area is 194 Å². The molecule has 1 aliphatic heterocycles. The minimum Gasteiger partial charge on any atom is -0.378 e. The lowest BCUT2D eigenvalue weighted by Gasteiger charge is -2.29. The average molecular weight is 466 g/mol. The lowest BCUT2D eigenvalue weighted by molar-refractivity contribution is 0.0785. The number of nitrogens with one attached hydrogen (secondary N) is 1. The number of benzene rings is 3. The van der Waals surface area contributed by atoms with Crippen LogP contribution in [0.1, 0.15) is 15.9 Å². The SMILES string of the molecule is CN(Cc1ccc(N2CCOCC2)cc1)C(=O)c1ccc(NS(=O)(=O)c2ccccc2)cc1. The monoisotopic (exact) mass is 465 g/mol. The van der Waals surface area contributed by atoms with Crippen LogP contribution in [0.2, 0.25) is 0 Å².